The number of halogens is 1. The highest BCUT2D eigenvalue weighted by molar-refractivity contribution is 6.33. The van der Waals surface area contributed by atoms with Gasteiger partial charge in [0.2, 0.25) is 0 Å². The maximum absolute atomic E-state index is 12.7. The van der Waals surface area contributed by atoms with Crippen LogP contribution in [0.4, 0.5) is 5.82 Å². The van der Waals surface area contributed by atoms with Crippen molar-refractivity contribution in [3.05, 3.63) is 22.8 Å². The fourth-order valence-electron chi connectivity index (χ4n) is 4.62. The predicted octanol–water partition coefficient (Wildman–Crippen LogP) is 2.91. The third-order valence-electron chi connectivity index (χ3n) is 6.15. The molecule has 4 rings (SSSR count). The molecule has 4 heterocycles. The number of anilines is 1. The molecule has 1 aromatic heterocycles. The number of carbonyl (C=O) groups excluding carboxylic acids is 1. The van der Waals surface area contributed by atoms with Crippen LogP contribution >= 0.6 is 11.6 Å². The Labute approximate surface area is 172 Å². The van der Waals surface area contributed by atoms with Gasteiger partial charge in [0, 0.05) is 52.0 Å². The van der Waals surface area contributed by atoms with Crippen molar-refractivity contribution in [2.75, 3.05) is 63.9 Å². The first kappa shape index (κ1) is 19.9. The average Bonchev–Trinajstić information content (AvgIpc) is 2.75. The number of aromatic nitrogens is 1. The van der Waals surface area contributed by atoms with Gasteiger partial charge in [-0.25, -0.2) is 4.98 Å². The fourth-order valence-corrected chi connectivity index (χ4v) is 4.90. The highest BCUT2D eigenvalue weighted by atomic mass is 35.5. The van der Waals surface area contributed by atoms with Crippen LogP contribution in [0, 0.1) is 5.92 Å². The van der Waals surface area contributed by atoms with Gasteiger partial charge < -0.3 is 14.5 Å². The van der Waals surface area contributed by atoms with Gasteiger partial charge in [-0.15, -0.1) is 0 Å². The van der Waals surface area contributed by atoms with E-state index in [1.807, 2.05) is 11.0 Å². The molecule has 1 unspecified atom stereocenters. The molecule has 3 aliphatic heterocycles. The quantitative estimate of drug-likeness (QED) is 0.769. The topological polar surface area (TPSA) is 48.9 Å². The molecule has 3 saturated heterocycles. The first-order chi connectivity index (χ1) is 13.7. The Kier molecular flexibility index (Phi) is 6.70. The molecule has 0 aromatic carbocycles. The zero-order valence-corrected chi connectivity index (χ0v) is 17.4. The molecule has 0 saturated carbocycles. The standard InChI is InChI=1S/C21H31ClN4O2/c22-19-13-18(21(27)25-6-2-1-3-7-25)14-23-20(19)26-8-4-5-17(16-26)15-24-9-11-28-12-10-24/h13-14,17H,1-12,15-16H2. The Bertz CT molecular complexity index is 674. The number of likely N-dealkylation sites (tertiary alicyclic amines) is 1. The van der Waals surface area contributed by atoms with E-state index in [4.69, 9.17) is 16.3 Å². The molecule has 1 amide bonds. The highest BCUT2D eigenvalue weighted by Gasteiger charge is 2.26. The van der Waals surface area contributed by atoms with Crippen LogP contribution < -0.4 is 4.90 Å². The molecule has 28 heavy (non-hydrogen) atoms. The van der Waals surface area contributed by atoms with Crippen LogP contribution in [0.3, 0.4) is 0 Å². The number of ether oxygens (including phenoxy) is 1. The van der Waals surface area contributed by atoms with Crippen molar-refractivity contribution in [1.29, 1.82) is 0 Å². The molecule has 1 atom stereocenters. The third-order valence-corrected chi connectivity index (χ3v) is 6.43. The number of rotatable bonds is 4. The van der Waals surface area contributed by atoms with E-state index >= 15 is 0 Å². The van der Waals surface area contributed by atoms with Gasteiger partial charge in [-0.2, -0.15) is 0 Å². The van der Waals surface area contributed by atoms with E-state index in [0.717, 1.165) is 84.1 Å². The Morgan fingerprint density at radius 1 is 1.11 bits per heavy atom. The number of hydrogen-bond donors (Lipinski definition) is 0. The maximum Gasteiger partial charge on any atom is 0.255 e. The zero-order valence-electron chi connectivity index (χ0n) is 16.6. The SMILES string of the molecule is O=C(c1cnc(N2CCCC(CN3CCOCC3)C2)c(Cl)c1)N1CCCCC1. The van der Waals surface area contributed by atoms with Crippen LogP contribution in [-0.2, 0) is 4.74 Å². The molecule has 6 nitrogen and oxygen atoms in total. The van der Waals surface area contributed by atoms with E-state index in [2.05, 4.69) is 14.8 Å². The van der Waals surface area contributed by atoms with E-state index in [0.29, 0.717) is 16.5 Å². The third kappa shape index (κ3) is 4.78. The van der Waals surface area contributed by atoms with Crippen molar-refractivity contribution in [2.45, 2.75) is 32.1 Å². The summed E-state index contributed by atoms with van der Waals surface area (Å²) in [5.74, 6) is 1.51. The summed E-state index contributed by atoms with van der Waals surface area (Å²) in [5, 5.41) is 0.592. The Balaban J connectivity index is 1.39. The van der Waals surface area contributed by atoms with Crippen molar-refractivity contribution in [1.82, 2.24) is 14.8 Å². The second kappa shape index (κ2) is 9.42. The molecule has 0 N–H and O–H groups in total. The number of amides is 1. The Morgan fingerprint density at radius 3 is 2.64 bits per heavy atom. The summed E-state index contributed by atoms with van der Waals surface area (Å²) in [4.78, 5) is 24.1. The van der Waals surface area contributed by atoms with E-state index in [1.54, 1.807) is 6.20 Å². The fraction of sp³-hybridized carbons (Fsp3) is 0.714. The van der Waals surface area contributed by atoms with Crippen LogP contribution in [0.2, 0.25) is 5.02 Å². The average molecular weight is 407 g/mol. The van der Waals surface area contributed by atoms with Crippen molar-refractivity contribution >= 4 is 23.3 Å². The molecule has 7 heteroatoms. The van der Waals surface area contributed by atoms with Gasteiger partial charge in [0.1, 0.15) is 5.82 Å². The number of morpholine rings is 1. The van der Waals surface area contributed by atoms with Crippen molar-refractivity contribution < 1.29 is 9.53 Å². The van der Waals surface area contributed by atoms with E-state index in [9.17, 15) is 4.79 Å². The van der Waals surface area contributed by atoms with Gasteiger partial charge in [-0.05, 0) is 44.1 Å². The molecule has 154 valence electrons. The molecule has 3 fully saturated rings. The first-order valence-electron chi connectivity index (χ1n) is 10.7. The minimum atomic E-state index is 0.0597. The van der Waals surface area contributed by atoms with Gasteiger partial charge in [0.15, 0.2) is 0 Å². The van der Waals surface area contributed by atoms with Crippen molar-refractivity contribution in [3.63, 3.8) is 0 Å². The summed E-state index contributed by atoms with van der Waals surface area (Å²) >= 11 is 6.58. The van der Waals surface area contributed by atoms with Gasteiger partial charge in [0.25, 0.3) is 5.91 Å². The number of carbonyl (C=O) groups is 1. The van der Waals surface area contributed by atoms with E-state index < -0.39 is 0 Å². The van der Waals surface area contributed by atoms with Gasteiger partial charge in [-0.3, -0.25) is 9.69 Å². The number of nitrogens with zero attached hydrogens (tertiary/aromatic N) is 4. The van der Waals surface area contributed by atoms with E-state index in [1.165, 1.54) is 12.8 Å². The maximum atomic E-state index is 12.7. The van der Waals surface area contributed by atoms with Crippen LogP contribution in [0.25, 0.3) is 0 Å². The lowest BCUT2D eigenvalue weighted by Gasteiger charge is -2.37. The minimum absolute atomic E-state index is 0.0597. The van der Waals surface area contributed by atoms with Crippen molar-refractivity contribution in [2.24, 2.45) is 5.92 Å². The van der Waals surface area contributed by atoms with Crippen molar-refractivity contribution in [3.8, 4) is 0 Å². The summed E-state index contributed by atoms with van der Waals surface area (Å²) in [6, 6.07) is 1.81. The zero-order chi connectivity index (χ0) is 19.3. The van der Waals surface area contributed by atoms with Gasteiger partial charge in [0.05, 0.1) is 23.8 Å². The van der Waals surface area contributed by atoms with Crippen LogP contribution in [0.1, 0.15) is 42.5 Å². The molecular formula is C21H31ClN4O2. The normalized spacial score (nSPS) is 24.4. The van der Waals surface area contributed by atoms with Gasteiger partial charge >= 0.3 is 0 Å². The first-order valence-corrected chi connectivity index (χ1v) is 11.1. The lowest BCUT2D eigenvalue weighted by atomic mass is 9.97. The van der Waals surface area contributed by atoms with Crippen LogP contribution in [-0.4, -0.2) is 79.7 Å². The minimum Gasteiger partial charge on any atom is -0.379 e. The smallest absolute Gasteiger partial charge is 0.255 e. The Morgan fingerprint density at radius 2 is 1.89 bits per heavy atom. The molecule has 1 aromatic rings. The summed E-state index contributed by atoms with van der Waals surface area (Å²) in [6.45, 7) is 8.50. The predicted molar refractivity (Wildman–Crippen MR) is 111 cm³/mol. The molecule has 0 bridgehead atoms. The molecule has 0 radical (unpaired) electrons. The summed E-state index contributed by atoms with van der Waals surface area (Å²) in [6.07, 6.45) is 7.50. The monoisotopic (exact) mass is 406 g/mol. The molecule has 0 aliphatic carbocycles. The second-order valence-corrected chi connectivity index (χ2v) is 8.66. The summed E-state index contributed by atoms with van der Waals surface area (Å²) < 4.78 is 5.46. The summed E-state index contributed by atoms with van der Waals surface area (Å²) in [7, 11) is 0. The number of pyridine rings is 1. The highest BCUT2D eigenvalue weighted by Crippen LogP contribution is 2.29. The van der Waals surface area contributed by atoms with Crippen LogP contribution in [0.15, 0.2) is 12.3 Å². The van der Waals surface area contributed by atoms with Gasteiger partial charge in [-0.1, -0.05) is 11.6 Å². The molecular weight excluding hydrogens is 376 g/mol. The number of piperidine rings is 2. The van der Waals surface area contributed by atoms with Crippen LogP contribution in [0.5, 0.6) is 0 Å². The largest absolute Gasteiger partial charge is 0.379 e. The second-order valence-electron chi connectivity index (χ2n) is 8.25. The Hall–Kier alpha value is -1.37. The lowest BCUT2D eigenvalue weighted by Crippen LogP contribution is -2.44. The lowest BCUT2D eigenvalue weighted by molar-refractivity contribution is 0.0296. The number of hydrogen-bond acceptors (Lipinski definition) is 5. The van der Waals surface area contributed by atoms with E-state index in [-0.39, 0.29) is 5.91 Å². The molecule has 0 spiro atoms. The molecule has 3 aliphatic rings. The summed E-state index contributed by atoms with van der Waals surface area (Å²) in [5.41, 5.74) is 0.609.